The van der Waals surface area contributed by atoms with Crippen LogP contribution in [-0.4, -0.2) is 24.5 Å². The van der Waals surface area contributed by atoms with Gasteiger partial charge in [0.25, 0.3) is 0 Å². The molecule has 0 amide bonds. The van der Waals surface area contributed by atoms with E-state index >= 15 is 0 Å². The van der Waals surface area contributed by atoms with Crippen molar-refractivity contribution in [1.29, 1.82) is 0 Å². The molecule has 6 heteroatoms. The molecule has 1 aliphatic heterocycles. The molecule has 28 heavy (non-hydrogen) atoms. The van der Waals surface area contributed by atoms with Crippen LogP contribution in [0.25, 0.3) is 33.9 Å². The Balaban J connectivity index is 1.60. The largest absolute Gasteiger partial charge is 0.345 e. The second-order valence-corrected chi connectivity index (χ2v) is 7.64. The molecule has 0 saturated heterocycles. The predicted octanol–water partition coefficient (Wildman–Crippen LogP) is 5.01. The lowest BCUT2D eigenvalue weighted by molar-refractivity contribution is 0.700. The molecule has 138 valence electrons. The number of imidazole rings is 1. The van der Waals surface area contributed by atoms with Crippen LogP contribution in [-0.2, 0) is 0 Å². The zero-order valence-electron chi connectivity index (χ0n) is 15.8. The third-order valence-corrected chi connectivity index (χ3v) is 5.76. The number of pyridine rings is 2. The number of aromatic nitrogens is 5. The van der Waals surface area contributed by atoms with Crippen LogP contribution in [0.15, 0.2) is 42.9 Å². The first kappa shape index (κ1) is 15.6. The normalized spacial score (nSPS) is 14.6. The molecule has 2 N–H and O–H groups in total. The lowest BCUT2D eigenvalue weighted by atomic mass is 10.1. The molecule has 5 heterocycles. The zero-order valence-corrected chi connectivity index (χ0v) is 15.8. The number of hydrogen-bond acceptors (Lipinski definition) is 4. The Morgan fingerprint density at radius 1 is 1.07 bits per heavy atom. The van der Waals surface area contributed by atoms with Crippen LogP contribution in [0, 0.1) is 13.8 Å². The third-order valence-electron chi connectivity index (χ3n) is 5.76. The molecule has 0 aromatic carbocycles. The van der Waals surface area contributed by atoms with Gasteiger partial charge in [-0.2, -0.15) is 0 Å². The molecule has 1 fully saturated rings. The molecule has 1 aliphatic carbocycles. The van der Waals surface area contributed by atoms with E-state index in [1.54, 1.807) is 6.20 Å². The molecule has 6 rings (SSSR count). The standard InChI is InChI=1S/C22H20N6/c1-12-10-17(13(2)28(12)14-5-6-14)22-26-19-15-7-9-23-11-18(15)25-21-16(20(19)27-22)4-3-8-24-21/h3-4,7-11,14H,5-6H2,1-2H3,(H,24,25)(H,26,27). The summed E-state index contributed by atoms with van der Waals surface area (Å²) < 4.78 is 2.46. The molecule has 0 unspecified atom stereocenters. The molecule has 2 aliphatic rings. The summed E-state index contributed by atoms with van der Waals surface area (Å²) in [5, 5.41) is 3.41. The number of aryl methyl sites for hydroxylation is 1. The van der Waals surface area contributed by atoms with E-state index in [1.807, 2.05) is 24.5 Å². The van der Waals surface area contributed by atoms with Gasteiger partial charge in [0.2, 0.25) is 0 Å². The quantitative estimate of drug-likeness (QED) is 0.459. The first-order chi connectivity index (χ1) is 13.7. The van der Waals surface area contributed by atoms with Crippen LogP contribution in [0.5, 0.6) is 0 Å². The second kappa shape index (κ2) is 5.55. The highest BCUT2D eigenvalue weighted by Gasteiger charge is 2.29. The number of fused-ring (bicyclic) bond motifs is 5. The van der Waals surface area contributed by atoms with Crippen LogP contribution in [0.2, 0.25) is 0 Å². The molecule has 4 aromatic rings. The van der Waals surface area contributed by atoms with E-state index in [1.165, 1.54) is 29.8 Å². The minimum absolute atomic E-state index is 0.655. The predicted molar refractivity (Wildman–Crippen MR) is 110 cm³/mol. The number of anilines is 2. The molecule has 0 atom stereocenters. The number of rotatable bonds is 2. The number of nitrogens with zero attached hydrogens (tertiary/aromatic N) is 4. The summed E-state index contributed by atoms with van der Waals surface area (Å²) in [6.45, 7) is 4.39. The molecule has 0 radical (unpaired) electrons. The number of aromatic amines is 1. The summed E-state index contributed by atoms with van der Waals surface area (Å²) in [5.41, 5.74) is 8.66. The number of hydrogen-bond donors (Lipinski definition) is 2. The highest BCUT2D eigenvalue weighted by atomic mass is 15.1. The van der Waals surface area contributed by atoms with E-state index in [0.29, 0.717) is 6.04 Å². The summed E-state index contributed by atoms with van der Waals surface area (Å²) in [7, 11) is 0. The summed E-state index contributed by atoms with van der Waals surface area (Å²) in [5.74, 6) is 1.71. The fourth-order valence-corrected chi connectivity index (χ4v) is 4.34. The summed E-state index contributed by atoms with van der Waals surface area (Å²) in [6, 6.07) is 8.93. The molecular weight excluding hydrogens is 348 g/mol. The van der Waals surface area contributed by atoms with E-state index in [0.717, 1.165) is 39.8 Å². The van der Waals surface area contributed by atoms with Gasteiger partial charge in [0.15, 0.2) is 0 Å². The Hall–Kier alpha value is -3.41. The molecule has 0 spiro atoms. The lowest BCUT2D eigenvalue weighted by Gasteiger charge is -2.08. The van der Waals surface area contributed by atoms with Gasteiger partial charge in [-0.15, -0.1) is 0 Å². The van der Waals surface area contributed by atoms with Crippen LogP contribution in [0.1, 0.15) is 30.3 Å². The van der Waals surface area contributed by atoms with Crippen molar-refractivity contribution in [2.75, 3.05) is 5.32 Å². The minimum atomic E-state index is 0.655. The molecule has 0 bridgehead atoms. The fraction of sp³-hybridized carbons (Fsp3) is 0.227. The lowest BCUT2D eigenvalue weighted by Crippen LogP contribution is -1.99. The summed E-state index contributed by atoms with van der Waals surface area (Å²) >= 11 is 0. The van der Waals surface area contributed by atoms with Gasteiger partial charge in [-0.05, 0) is 51.0 Å². The van der Waals surface area contributed by atoms with Crippen molar-refractivity contribution in [3.8, 4) is 33.9 Å². The summed E-state index contributed by atoms with van der Waals surface area (Å²) in [6.07, 6.45) is 7.99. The maximum Gasteiger partial charge on any atom is 0.140 e. The topological polar surface area (TPSA) is 71.4 Å². The Labute approximate surface area is 162 Å². The minimum Gasteiger partial charge on any atom is -0.345 e. The average molecular weight is 368 g/mol. The van der Waals surface area contributed by atoms with Gasteiger partial charge >= 0.3 is 0 Å². The van der Waals surface area contributed by atoms with Crippen molar-refractivity contribution in [2.24, 2.45) is 0 Å². The average Bonchev–Trinajstić information content (AvgIpc) is 3.39. The summed E-state index contributed by atoms with van der Waals surface area (Å²) in [4.78, 5) is 17.5. The van der Waals surface area contributed by atoms with Crippen LogP contribution in [0.3, 0.4) is 0 Å². The van der Waals surface area contributed by atoms with E-state index in [2.05, 4.69) is 50.8 Å². The van der Waals surface area contributed by atoms with E-state index in [9.17, 15) is 0 Å². The smallest absolute Gasteiger partial charge is 0.140 e. The monoisotopic (exact) mass is 368 g/mol. The molecule has 4 aromatic heterocycles. The highest BCUT2D eigenvalue weighted by Crippen LogP contribution is 2.44. The van der Waals surface area contributed by atoms with E-state index in [4.69, 9.17) is 4.98 Å². The Morgan fingerprint density at radius 3 is 2.82 bits per heavy atom. The zero-order chi connectivity index (χ0) is 18.8. The Kier molecular flexibility index (Phi) is 3.10. The SMILES string of the molecule is Cc1cc(-c2nc3c([nH]2)-c2ccncc2Nc2ncccc2-3)c(C)n1C1CC1. The van der Waals surface area contributed by atoms with Crippen LogP contribution >= 0.6 is 0 Å². The van der Waals surface area contributed by atoms with Gasteiger partial charge in [0.05, 0.1) is 17.6 Å². The molecule has 1 saturated carbocycles. The van der Waals surface area contributed by atoms with Gasteiger partial charge < -0.3 is 14.9 Å². The maximum atomic E-state index is 5.05. The Bertz CT molecular complexity index is 1160. The first-order valence-electron chi connectivity index (χ1n) is 9.66. The van der Waals surface area contributed by atoms with E-state index in [-0.39, 0.29) is 0 Å². The van der Waals surface area contributed by atoms with Crippen molar-refractivity contribution >= 4 is 11.5 Å². The van der Waals surface area contributed by atoms with Gasteiger partial charge in [0.1, 0.15) is 17.3 Å². The van der Waals surface area contributed by atoms with Gasteiger partial charge in [-0.25, -0.2) is 9.97 Å². The van der Waals surface area contributed by atoms with Crippen molar-refractivity contribution < 1.29 is 0 Å². The van der Waals surface area contributed by atoms with Gasteiger partial charge in [-0.3, -0.25) is 4.98 Å². The van der Waals surface area contributed by atoms with Crippen molar-refractivity contribution in [2.45, 2.75) is 32.7 Å². The van der Waals surface area contributed by atoms with Crippen molar-refractivity contribution in [3.05, 3.63) is 54.2 Å². The van der Waals surface area contributed by atoms with Crippen LogP contribution in [0.4, 0.5) is 11.5 Å². The van der Waals surface area contributed by atoms with E-state index < -0.39 is 0 Å². The highest BCUT2D eigenvalue weighted by molar-refractivity contribution is 5.95. The van der Waals surface area contributed by atoms with Crippen molar-refractivity contribution in [3.63, 3.8) is 0 Å². The molecular formula is C22H20N6. The Morgan fingerprint density at radius 2 is 1.96 bits per heavy atom. The van der Waals surface area contributed by atoms with Crippen molar-refractivity contribution in [1.82, 2.24) is 24.5 Å². The maximum absolute atomic E-state index is 5.05. The molecule has 6 nitrogen and oxygen atoms in total. The number of H-pyrrole nitrogens is 1. The first-order valence-corrected chi connectivity index (χ1v) is 9.66. The van der Waals surface area contributed by atoms with Gasteiger partial charge in [0, 0.05) is 46.5 Å². The third kappa shape index (κ3) is 2.17. The number of nitrogens with one attached hydrogen (secondary N) is 2. The van der Waals surface area contributed by atoms with Gasteiger partial charge in [-0.1, -0.05) is 0 Å². The van der Waals surface area contributed by atoms with Crippen LogP contribution < -0.4 is 5.32 Å². The second-order valence-electron chi connectivity index (χ2n) is 7.64. The fourth-order valence-electron chi connectivity index (χ4n) is 4.34.